The minimum absolute atomic E-state index is 0.249. The molecule has 1 rings (SSSR count). The van der Waals surface area contributed by atoms with Crippen molar-refractivity contribution in [3.63, 3.8) is 0 Å². The maximum atomic E-state index is 11.7. The summed E-state index contributed by atoms with van der Waals surface area (Å²) in [7, 11) is 0. The van der Waals surface area contributed by atoms with Crippen molar-refractivity contribution in [2.75, 3.05) is 30.8 Å². The van der Waals surface area contributed by atoms with Crippen LogP contribution in [-0.4, -0.2) is 26.2 Å². The lowest BCUT2D eigenvalue weighted by Crippen LogP contribution is -2.13. The molecule has 0 spiro atoms. The molecule has 5 heteroatoms. The summed E-state index contributed by atoms with van der Waals surface area (Å²) < 4.78 is 28.2. The predicted molar refractivity (Wildman–Crippen MR) is 60.9 cm³/mol. The number of nitrogen functional groups attached to an aromatic ring is 1. The molecule has 0 aliphatic heterocycles. The quantitative estimate of drug-likeness (QED) is 0.582. The van der Waals surface area contributed by atoms with Crippen molar-refractivity contribution < 1.29 is 13.5 Å². The molecule has 16 heavy (non-hydrogen) atoms. The van der Waals surface area contributed by atoms with Crippen LogP contribution in [0.15, 0.2) is 18.2 Å². The van der Waals surface area contributed by atoms with Gasteiger partial charge in [0, 0.05) is 17.9 Å². The van der Waals surface area contributed by atoms with E-state index < -0.39 is 13.0 Å². The van der Waals surface area contributed by atoms with Crippen LogP contribution >= 0.6 is 0 Å². The molecular weight excluding hydrogens is 214 g/mol. The normalized spacial score (nSPS) is 10.8. The molecule has 0 aliphatic rings. The summed E-state index contributed by atoms with van der Waals surface area (Å²) in [6.45, 7) is 2.16. The number of halogens is 2. The molecule has 1 aromatic rings. The summed E-state index contributed by atoms with van der Waals surface area (Å²) in [6, 6.07) is 5.52. The Morgan fingerprint density at radius 3 is 2.88 bits per heavy atom. The molecule has 0 heterocycles. The van der Waals surface area contributed by atoms with Crippen molar-refractivity contribution in [2.24, 2.45) is 0 Å². The predicted octanol–water partition coefficient (Wildman–Crippen LogP) is 2.27. The fourth-order valence-electron chi connectivity index (χ4n) is 1.26. The largest absolute Gasteiger partial charge is 0.399 e. The van der Waals surface area contributed by atoms with Crippen LogP contribution in [0.1, 0.15) is 5.56 Å². The van der Waals surface area contributed by atoms with E-state index >= 15 is 0 Å². The van der Waals surface area contributed by atoms with Crippen LogP contribution in [0.2, 0.25) is 0 Å². The first-order chi connectivity index (χ1) is 7.59. The van der Waals surface area contributed by atoms with Crippen LogP contribution in [0.4, 0.5) is 20.2 Å². The highest BCUT2D eigenvalue weighted by Crippen LogP contribution is 2.17. The lowest BCUT2D eigenvalue weighted by atomic mass is 10.2. The van der Waals surface area contributed by atoms with Crippen molar-refractivity contribution in [3.05, 3.63) is 23.8 Å². The van der Waals surface area contributed by atoms with Gasteiger partial charge in [0.15, 0.2) is 0 Å². The number of nitrogens with one attached hydrogen (secondary N) is 1. The summed E-state index contributed by atoms with van der Waals surface area (Å²) in [5.74, 6) is 0. The third kappa shape index (κ3) is 4.44. The van der Waals surface area contributed by atoms with Gasteiger partial charge in [-0.1, -0.05) is 6.07 Å². The summed E-state index contributed by atoms with van der Waals surface area (Å²) in [6.07, 6.45) is -2.41. The molecule has 0 saturated carbocycles. The van der Waals surface area contributed by atoms with Crippen molar-refractivity contribution in [1.82, 2.24) is 0 Å². The first kappa shape index (κ1) is 12.7. The highest BCUT2D eigenvalue weighted by molar-refractivity contribution is 5.59. The van der Waals surface area contributed by atoms with E-state index in [1.54, 1.807) is 0 Å². The zero-order chi connectivity index (χ0) is 12.0. The van der Waals surface area contributed by atoms with Crippen molar-refractivity contribution >= 4 is 11.4 Å². The number of rotatable bonds is 6. The Morgan fingerprint density at radius 1 is 1.44 bits per heavy atom. The van der Waals surface area contributed by atoms with E-state index in [1.165, 1.54) is 0 Å². The van der Waals surface area contributed by atoms with E-state index in [0.717, 1.165) is 11.3 Å². The summed E-state index contributed by atoms with van der Waals surface area (Å²) in [5.41, 5.74) is 8.26. The second kappa shape index (κ2) is 6.27. The van der Waals surface area contributed by atoms with Crippen LogP contribution in [0.3, 0.4) is 0 Å². The number of hydrogen-bond acceptors (Lipinski definition) is 3. The molecule has 0 saturated heterocycles. The average Bonchev–Trinajstić information content (AvgIpc) is 2.22. The van der Waals surface area contributed by atoms with Gasteiger partial charge >= 0.3 is 0 Å². The number of benzene rings is 1. The molecule has 3 nitrogen and oxygen atoms in total. The molecule has 1 aromatic carbocycles. The van der Waals surface area contributed by atoms with E-state index in [1.807, 2.05) is 25.1 Å². The van der Waals surface area contributed by atoms with E-state index in [4.69, 9.17) is 10.5 Å². The van der Waals surface area contributed by atoms with Crippen LogP contribution < -0.4 is 11.1 Å². The smallest absolute Gasteiger partial charge is 0.261 e. The van der Waals surface area contributed by atoms with Crippen LogP contribution in [0, 0.1) is 6.92 Å². The second-order valence-electron chi connectivity index (χ2n) is 3.47. The van der Waals surface area contributed by atoms with Gasteiger partial charge in [0.05, 0.1) is 6.61 Å². The lowest BCUT2D eigenvalue weighted by Gasteiger charge is -2.10. The fraction of sp³-hybridized carbons (Fsp3) is 0.455. The van der Waals surface area contributed by atoms with Gasteiger partial charge in [-0.3, -0.25) is 0 Å². The molecule has 0 atom stereocenters. The maximum Gasteiger partial charge on any atom is 0.261 e. The topological polar surface area (TPSA) is 47.3 Å². The fourth-order valence-corrected chi connectivity index (χ4v) is 1.26. The Labute approximate surface area is 93.6 Å². The standard InChI is InChI=1S/C11H16F2N2O/c1-8-2-3-9(14)6-10(8)15-4-5-16-7-11(12)13/h2-3,6,11,15H,4-5,7,14H2,1H3. The first-order valence-electron chi connectivity index (χ1n) is 5.05. The van der Waals surface area contributed by atoms with Crippen LogP contribution in [-0.2, 0) is 4.74 Å². The lowest BCUT2D eigenvalue weighted by molar-refractivity contribution is 0.0215. The molecule has 0 fully saturated rings. The van der Waals surface area contributed by atoms with Crippen molar-refractivity contribution in [1.29, 1.82) is 0 Å². The first-order valence-corrected chi connectivity index (χ1v) is 5.05. The van der Waals surface area contributed by atoms with Gasteiger partial charge in [0.2, 0.25) is 0 Å². The zero-order valence-corrected chi connectivity index (χ0v) is 9.17. The zero-order valence-electron chi connectivity index (χ0n) is 9.17. The summed E-state index contributed by atoms with van der Waals surface area (Å²) in [4.78, 5) is 0. The van der Waals surface area contributed by atoms with Gasteiger partial charge in [-0.05, 0) is 24.6 Å². The van der Waals surface area contributed by atoms with Gasteiger partial charge in [-0.25, -0.2) is 8.78 Å². The van der Waals surface area contributed by atoms with Crippen LogP contribution in [0.5, 0.6) is 0 Å². The van der Waals surface area contributed by atoms with Gasteiger partial charge in [-0.15, -0.1) is 0 Å². The monoisotopic (exact) mass is 230 g/mol. The van der Waals surface area contributed by atoms with Gasteiger partial charge in [-0.2, -0.15) is 0 Å². The van der Waals surface area contributed by atoms with Crippen LogP contribution in [0.25, 0.3) is 0 Å². The molecule has 0 amide bonds. The minimum atomic E-state index is -2.41. The number of alkyl halides is 2. The number of hydrogen-bond donors (Lipinski definition) is 2. The highest BCUT2D eigenvalue weighted by Gasteiger charge is 2.01. The Kier molecular flexibility index (Phi) is 4.98. The molecule has 0 aliphatic carbocycles. The maximum absolute atomic E-state index is 11.7. The minimum Gasteiger partial charge on any atom is -0.399 e. The highest BCUT2D eigenvalue weighted by atomic mass is 19.3. The second-order valence-corrected chi connectivity index (χ2v) is 3.47. The SMILES string of the molecule is Cc1ccc(N)cc1NCCOCC(F)F. The van der Waals surface area contributed by atoms with Gasteiger partial charge in [0.25, 0.3) is 6.43 Å². The molecule has 0 aromatic heterocycles. The number of ether oxygens (including phenoxy) is 1. The van der Waals surface area contributed by atoms with E-state index in [9.17, 15) is 8.78 Å². The number of nitrogens with two attached hydrogens (primary N) is 1. The Morgan fingerprint density at radius 2 is 2.19 bits per heavy atom. The molecule has 0 radical (unpaired) electrons. The Balaban J connectivity index is 2.29. The molecular formula is C11H16F2N2O. The molecule has 0 unspecified atom stereocenters. The average molecular weight is 230 g/mol. The van der Waals surface area contributed by atoms with Crippen molar-refractivity contribution in [2.45, 2.75) is 13.3 Å². The van der Waals surface area contributed by atoms with Gasteiger partial charge in [0.1, 0.15) is 6.61 Å². The van der Waals surface area contributed by atoms with E-state index in [0.29, 0.717) is 12.2 Å². The summed E-state index contributed by atoms with van der Waals surface area (Å²) in [5, 5.41) is 3.08. The number of aryl methyl sites for hydroxylation is 1. The Bertz CT molecular complexity index is 332. The molecule has 3 N–H and O–H groups in total. The Hall–Kier alpha value is -1.36. The number of anilines is 2. The molecule has 90 valence electrons. The third-order valence-electron chi connectivity index (χ3n) is 2.07. The summed E-state index contributed by atoms with van der Waals surface area (Å²) >= 11 is 0. The molecule has 0 bridgehead atoms. The van der Waals surface area contributed by atoms with E-state index in [2.05, 4.69) is 5.32 Å². The van der Waals surface area contributed by atoms with Gasteiger partial charge < -0.3 is 15.8 Å². The third-order valence-corrected chi connectivity index (χ3v) is 2.07. The van der Waals surface area contributed by atoms with E-state index in [-0.39, 0.29) is 6.61 Å². The van der Waals surface area contributed by atoms with Crippen molar-refractivity contribution in [3.8, 4) is 0 Å².